The fourth-order valence-corrected chi connectivity index (χ4v) is 2.84. The van der Waals surface area contributed by atoms with Crippen molar-refractivity contribution in [3.05, 3.63) is 5.89 Å². The summed E-state index contributed by atoms with van der Waals surface area (Å²) in [5.74, 6) is 1.92. The van der Waals surface area contributed by atoms with E-state index in [-0.39, 0.29) is 0 Å². The summed E-state index contributed by atoms with van der Waals surface area (Å²) in [5, 5.41) is 14.9. The van der Waals surface area contributed by atoms with E-state index in [1.165, 1.54) is 18.6 Å². The van der Waals surface area contributed by atoms with Crippen molar-refractivity contribution in [2.45, 2.75) is 31.6 Å². The summed E-state index contributed by atoms with van der Waals surface area (Å²) in [6.45, 7) is 4.52. The third-order valence-corrected chi connectivity index (χ3v) is 3.90. The Morgan fingerprint density at radius 2 is 2.44 bits per heavy atom. The number of aromatic nitrogens is 2. The van der Waals surface area contributed by atoms with Crippen LogP contribution in [0.2, 0.25) is 0 Å². The molecule has 1 unspecified atom stereocenters. The van der Waals surface area contributed by atoms with Gasteiger partial charge in [-0.15, -0.1) is 5.10 Å². The second kappa shape index (κ2) is 6.10. The van der Waals surface area contributed by atoms with Crippen LogP contribution in [-0.4, -0.2) is 34.3 Å². The van der Waals surface area contributed by atoms with Gasteiger partial charge in [-0.2, -0.15) is 11.8 Å². The first-order valence-corrected chi connectivity index (χ1v) is 6.82. The number of rotatable bonds is 6. The molecule has 1 saturated heterocycles. The zero-order valence-electron chi connectivity index (χ0n) is 9.53. The van der Waals surface area contributed by atoms with Crippen LogP contribution in [-0.2, 0) is 6.54 Å². The van der Waals surface area contributed by atoms with Crippen molar-refractivity contribution in [2.75, 3.05) is 24.2 Å². The number of nitrogens with one attached hydrogen (secondary N) is 2. The molecule has 0 saturated carbocycles. The van der Waals surface area contributed by atoms with Gasteiger partial charge in [0.05, 0.1) is 6.54 Å². The molecule has 0 aliphatic carbocycles. The van der Waals surface area contributed by atoms with Gasteiger partial charge in [0.15, 0.2) is 0 Å². The van der Waals surface area contributed by atoms with E-state index in [1.807, 2.05) is 18.7 Å². The zero-order valence-corrected chi connectivity index (χ0v) is 10.3. The van der Waals surface area contributed by atoms with Gasteiger partial charge < -0.3 is 15.1 Å². The lowest BCUT2D eigenvalue weighted by atomic mass is 10.2. The van der Waals surface area contributed by atoms with Crippen LogP contribution >= 0.6 is 11.8 Å². The SMILES string of the molecule is CCNCc1nnc(NCC2CCCS2)o1. The molecule has 1 aromatic heterocycles. The molecule has 2 heterocycles. The van der Waals surface area contributed by atoms with E-state index < -0.39 is 0 Å². The quantitative estimate of drug-likeness (QED) is 0.788. The molecule has 16 heavy (non-hydrogen) atoms. The normalized spacial score (nSPS) is 20.2. The highest BCUT2D eigenvalue weighted by Crippen LogP contribution is 2.26. The van der Waals surface area contributed by atoms with Gasteiger partial charge in [0, 0.05) is 11.8 Å². The van der Waals surface area contributed by atoms with E-state index in [0.717, 1.165) is 13.1 Å². The van der Waals surface area contributed by atoms with Crippen molar-refractivity contribution >= 4 is 17.8 Å². The minimum absolute atomic E-state index is 0.542. The molecule has 1 aliphatic rings. The monoisotopic (exact) mass is 242 g/mol. The Bertz CT molecular complexity index is 312. The van der Waals surface area contributed by atoms with E-state index in [4.69, 9.17) is 4.42 Å². The topological polar surface area (TPSA) is 63.0 Å². The molecule has 2 N–H and O–H groups in total. The minimum Gasteiger partial charge on any atom is -0.407 e. The lowest BCUT2D eigenvalue weighted by Crippen LogP contribution is -2.13. The van der Waals surface area contributed by atoms with Gasteiger partial charge in [-0.25, -0.2) is 0 Å². The smallest absolute Gasteiger partial charge is 0.315 e. The van der Waals surface area contributed by atoms with E-state index in [0.29, 0.717) is 23.7 Å². The van der Waals surface area contributed by atoms with E-state index in [2.05, 4.69) is 20.8 Å². The Morgan fingerprint density at radius 3 is 3.19 bits per heavy atom. The fraction of sp³-hybridized carbons (Fsp3) is 0.800. The Morgan fingerprint density at radius 1 is 1.50 bits per heavy atom. The minimum atomic E-state index is 0.542. The molecule has 2 rings (SSSR count). The molecule has 1 atom stereocenters. The van der Waals surface area contributed by atoms with Crippen molar-refractivity contribution in [2.24, 2.45) is 0 Å². The van der Waals surface area contributed by atoms with E-state index in [1.54, 1.807) is 0 Å². The molecule has 1 aromatic rings. The van der Waals surface area contributed by atoms with Crippen LogP contribution in [0.15, 0.2) is 4.42 Å². The summed E-state index contributed by atoms with van der Waals surface area (Å²) in [5.41, 5.74) is 0. The second-order valence-corrected chi connectivity index (χ2v) is 5.21. The molecule has 6 heteroatoms. The molecular weight excluding hydrogens is 224 g/mol. The van der Waals surface area contributed by atoms with Gasteiger partial charge in [-0.05, 0) is 25.1 Å². The van der Waals surface area contributed by atoms with Crippen molar-refractivity contribution in [1.82, 2.24) is 15.5 Å². The number of hydrogen-bond acceptors (Lipinski definition) is 6. The van der Waals surface area contributed by atoms with Crippen LogP contribution in [0.3, 0.4) is 0 Å². The van der Waals surface area contributed by atoms with Crippen LogP contribution < -0.4 is 10.6 Å². The van der Waals surface area contributed by atoms with Crippen molar-refractivity contribution < 1.29 is 4.42 Å². The fourth-order valence-electron chi connectivity index (χ4n) is 1.63. The van der Waals surface area contributed by atoms with Crippen molar-refractivity contribution in [1.29, 1.82) is 0 Å². The highest BCUT2D eigenvalue weighted by atomic mass is 32.2. The van der Waals surface area contributed by atoms with Gasteiger partial charge in [0.2, 0.25) is 5.89 Å². The third kappa shape index (κ3) is 3.38. The highest BCUT2D eigenvalue weighted by molar-refractivity contribution is 8.00. The maximum Gasteiger partial charge on any atom is 0.315 e. The molecule has 1 fully saturated rings. The zero-order chi connectivity index (χ0) is 11.2. The van der Waals surface area contributed by atoms with Gasteiger partial charge >= 0.3 is 6.01 Å². The summed E-state index contributed by atoms with van der Waals surface area (Å²) in [6, 6.07) is 0.542. The molecule has 1 aliphatic heterocycles. The summed E-state index contributed by atoms with van der Waals surface area (Å²) in [4.78, 5) is 0. The first kappa shape index (κ1) is 11.7. The van der Waals surface area contributed by atoms with Crippen LogP contribution in [0.1, 0.15) is 25.7 Å². The molecule has 0 spiro atoms. The molecule has 0 bridgehead atoms. The van der Waals surface area contributed by atoms with Crippen molar-refractivity contribution in [3.63, 3.8) is 0 Å². The maximum atomic E-state index is 5.44. The Balaban J connectivity index is 1.73. The molecular formula is C10H18N4OS. The van der Waals surface area contributed by atoms with Gasteiger partial charge in [0.25, 0.3) is 0 Å². The number of anilines is 1. The van der Waals surface area contributed by atoms with Crippen LogP contribution in [0.4, 0.5) is 6.01 Å². The second-order valence-electron chi connectivity index (χ2n) is 3.80. The predicted molar refractivity (Wildman–Crippen MR) is 65.6 cm³/mol. The first-order valence-electron chi connectivity index (χ1n) is 5.77. The number of hydrogen-bond donors (Lipinski definition) is 2. The van der Waals surface area contributed by atoms with E-state index >= 15 is 0 Å². The standard InChI is InChI=1S/C10H18N4OS/c1-2-11-7-9-13-14-10(15-9)12-6-8-4-3-5-16-8/h8,11H,2-7H2,1H3,(H,12,14). The average Bonchev–Trinajstić information content (AvgIpc) is 2.95. The van der Waals surface area contributed by atoms with Gasteiger partial charge in [-0.1, -0.05) is 12.0 Å². The lowest BCUT2D eigenvalue weighted by molar-refractivity contribution is 0.481. The van der Waals surface area contributed by atoms with E-state index in [9.17, 15) is 0 Å². The van der Waals surface area contributed by atoms with Crippen LogP contribution in [0.25, 0.3) is 0 Å². The largest absolute Gasteiger partial charge is 0.407 e. The Kier molecular flexibility index (Phi) is 4.47. The van der Waals surface area contributed by atoms with Gasteiger partial charge in [-0.3, -0.25) is 0 Å². The summed E-state index contributed by atoms with van der Waals surface area (Å²) >= 11 is 2.02. The average molecular weight is 242 g/mol. The summed E-state index contributed by atoms with van der Waals surface area (Å²) in [6.07, 6.45) is 2.61. The van der Waals surface area contributed by atoms with Crippen LogP contribution in [0, 0.1) is 0 Å². The molecule has 0 amide bonds. The summed E-state index contributed by atoms with van der Waals surface area (Å²) in [7, 11) is 0. The number of thioether (sulfide) groups is 1. The molecule has 0 radical (unpaired) electrons. The van der Waals surface area contributed by atoms with Gasteiger partial charge in [0.1, 0.15) is 0 Å². The Hall–Kier alpha value is -0.750. The first-order chi connectivity index (χ1) is 7.88. The predicted octanol–water partition coefficient (Wildman–Crippen LogP) is 1.49. The summed E-state index contributed by atoms with van der Waals surface area (Å²) < 4.78 is 5.44. The maximum absolute atomic E-state index is 5.44. The lowest BCUT2D eigenvalue weighted by Gasteiger charge is -2.07. The molecule has 5 nitrogen and oxygen atoms in total. The molecule has 90 valence electrons. The van der Waals surface area contributed by atoms with Crippen molar-refractivity contribution in [3.8, 4) is 0 Å². The van der Waals surface area contributed by atoms with Crippen LogP contribution in [0.5, 0.6) is 0 Å². The number of nitrogens with zero attached hydrogens (tertiary/aromatic N) is 2. The third-order valence-electron chi connectivity index (χ3n) is 2.50. The molecule has 0 aromatic carbocycles. The highest BCUT2D eigenvalue weighted by Gasteiger charge is 2.16. The Labute approximate surface area is 99.8 Å².